The van der Waals surface area contributed by atoms with Gasteiger partial charge in [0.25, 0.3) is 0 Å². The Bertz CT molecular complexity index is 1130. The monoisotopic (exact) mass is 436 g/mol. The molecule has 2 aromatic carbocycles. The van der Waals surface area contributed by atoms with Gasteiger partial charge in [0.05, 0.1) is 24.1 Å². The molecule has 0 bridgehead atoms. The summed E-state index contributed by atoms with van der Waals surface area (Å²) in [5.41, 5.74) is 1.54. The fourth-order valence-corrected chi connectivity index (χ4v) is 3.90. The fourth-order valence-electron chi connectivity index (χ4n) is 3.10. The number of carbonyl (C=O) groups is 1. The van der Waals surface area contributed by atoms with Crippen LogP contribution >= 0.6 is 11.8 Å². The molecule has 1 N–H and O–H groups in total. The molecule has 0 saturated heterocycles. The highest BCUT2D eigenvalue weighted by molar-refractivity contribution is 7.99. The number of carbonyl (C=O) groups excluding carboxylic acids is 1. The molecule has 8 heteroatoms. The second-order valence-electron chi connectivity index (χ2n) is 6.82. The molecule has 0 radical (unpaired) electrons. The minimum atomic E-state index is -0.358. The first-order valence-corrected chi connectivity index (χ1v) is 10.8. The molecule has 158 valence electrons. The number of amides is 1. The van der Waals surface area contributed by atoms with Gasteiger partial charge in [0.15, 0.2) is 11.0 Å². The number of hydrogen-bond donors (Lipinski definition) is 1. The smallest absolute Gasteiger partial charge is 0.230 e. The van der Waals surface area contributed by atoms with Gasteiger partial charge in [0, 0.05) is 6.54 Å². The molecular formula is C23H21FN4O2S. The van der Waals surface area contributed by atoms with Gasteiger partial charge in [0.2, 0.25) is 5.91 Å². The number of benzene rings is 2. The molecule has 2 aromatic heterocycles. The maximum Gasteiger partial charge on any atom is 0.230 e. The van der Waals surface area contributed by atoms with E-state index in [0.29, 0.717) is 35.4 Å². The highest BCUT2D eigenvalue weighted by Crippen LogP contribution is 2.26. The molecule has 4 aromatic rings. The first kappa shape index (κ1) is 20.9. The lowest BCUT2D eigenvalue weighted by Crippen LogP contribution is -2.24. The number of nitrogens with one attached hydrogen (secondary N) is 1. The van der Waals surface area contributed by atoms with Gasteiger partial charge in [-0.3, -0.25) is 4.79 Å². The Morgan fingerprint density at radius 3 is 2.61 bits per heavy atom. The molecule has 0 fully saturated rings. The number of aryl methyl sites for hydroxylation is 1. The Morgan fingerprint density at radius 2 is 1.84 bits per heavy atom. The van der Waals surface area contributed by atoms with Gasteiger partial charge >= 0.3 is 0 Å². The van der Waals surface area contributed by atoms with Crippen LogP contribution in [0.4, 0.5) is 4.39 Å². The molecule has 0 spiro atoms. The second kappa shape index (κ2) is 10.1. The summed E-state index contributed by atoms with van der Waals surface area (Å²) >= 11 is 1.27. The molecule has 31 heavy (non-hydrogen) atoms. The number of rotatable bonds is 9. The van der Waals surface area contributed by atoms with Crippen LogP contribution < -0.4 is 5.32 Å². The highest BCUT2D eigenvalue weighted by atomic mass is 32.2. The van der Waals surface area contributed by atoms with Crippen LogP contribution in [0, 0.1) is 5.82 Å². The predicted molar refractivity (Wildman–Crippen MR) is 117 cm³/mol. The molecule has 0 unspecified atom stereocenters. The van der Waals surface area contributed by atoms with E-state index in [1.54, 1.807) is 36.6 Å². The first-order chi connectivity index (χ1) is 15.2. The van der Waals surface area contributed by atoms with Crippen LogP contribution in [-0.2, 0) is 24.3 Å². The summed E-state index contributed by atoms with van der Waals surface area (Å²) in [6, 6.07) is 20.1. The lowest BCUT2D eigenvalue weighted by molar-refractivity contribution is -0.118. The van der Waals surface area contributed by atoms with Gasteiger partial charge in [-0.2, -0.15) is 0 Å². The van der Waals surface area contributed by atoms with E-state index in [1.807, 2.05) is 34.9 Å². The lowest BCUT2D eigenvalue weighted by Gasteiger charge is -2.11. The zero-order valence-corrected chi connectivity index (χ0v) is 17.5. The SMILES string of the molecule is O=C(CSc1nnc(-c2ccccc2F)n1CCc1ccccc1)NCc1ccco1. The molecule has 4 rings (SSSR count). The van der Waals surface area contributed by atoms with Crippen LogP contribution in [0.25, 0.3) is 11.4 Å². The van der Waals surface area contributed by atoms with Crippen molar-refractivity contribution in [3.8, 4) is 11.4 Å². The van der Waals surface area contributed by atoms with Gasteiger partial charge in [0.1, 0.15) is 11.6 Å². The van der Waals surface area contributed by atoms with Gasteiger partial charge < -0.3 is 14.3 Å². The van der Waals surface area contributed by atoms with Crippen molar-refractivity contribution in [3.05, 3.63) is 90.1 Å². The van der Waals surface area contributed by atoms with E-state index in [2.05, 4.69) is 15.5 Å². The lowest BCUT2D eigenvalue weighted by atomic mass is 10.1. The van der Waals surface area contributed by atoms with Crippen LogP contribution in [0.3, 0.4) is 0 Å². The number of nitrogens with zero attached hydrogens (tertiary/aromatic N) is 3. The third kappa shape index (κ3) is 5.40. The molecule has 0 atom stereocenters. The third-order valence-electron chi connectivity index (χ3n) is 4.67. The van der Waals surface area contributed by atoms with E-state index in [9.17, 15) is 9.18 Å². The van der Waals surface area contributed by atoms with Gasteiger partial charge in [-0.1, -0.05) is 54.2 Å². The first-order valence-electron chi connectivity index (χ1n) is 9.84. The number of thioether (sulfide) groups is 1. The molecular weight excluding hydrogens is 415 g/mol. The van der Waals surface area contributed by atoms with E-state index >= 15 is 0 Å². The maximum absolute atomic E-state index is 14.4. The van der Waals surface area contributed by atoms with E-state index < -0.39 is 0 Å². The van der Waals surface area contributed by atoms with Crippen molar-refractivity contribution >= 4 is 17.7 Å². The minimum Gasteiger partial charge on any atom is -0.467 e. The summed E-state index contributed by atoms with van der Waals surface area (Å²) in [6.07, 6.45) is 2.30. The Kier molecular flexibility index (Phi) is 6.78. The van der Waals surface area contributed by atoms with Crippen LogP contribution in [0.5, 0.6) is 0 Å². The Morgan fingerprint density at radius 1 is 1.03 bits per heavy atom. The van der Waals surface area contributed by atoms with E-state index in [0.717, 1.165) is 12.0 Å². The number of hydrogen-bond acceptors (Lipinski definition) is 5. The van der Waals surface area contributed by atoms with Crippen molar-refractivity contribution in [2.45, 2.75) is 24.7 Å². The molecule has 0 aliphatic heterocycles. The molecule has 0 aliphatic carbocycles. The standard InChI is InChI=1S/C23H21FN4O2S/c24-20-11-5-4-10-19(20)22-26-27-23(28(22)13-12-17-7-2-1-3-8-17)31-16-21(29)25-15-18-9-6-14-30-18/h1-11,14H,12-13,15-16H2,(H,25,29). The molecule has 6 nitrogen and oxygen atoms in total. The summed E-state index contributed by atoms with van der Waals surface area (Å²) < 4.78 is 21.5. The largest absolute Gasteiger partial charge is 0.467 e. The number of halogens is 1. The molecule has 0 saturated carbocycles. The fraction of sp³-hybridized carbons (Fsp3) is 0.174. The Balaban J connectivity index is 1.49. The van der Waals surface area contributed by atoms with Crippen molar-refractivity contribution in [2.75, 3.05) is 5.75 Å². The van der Waals surface area contributed by atoms with Crippen LogP contribution in [0.15, 0.2) is 82.6 Å². The third-order valence-corrected chi connectivity index (χ3v) is 5.64. The quantitative estimate of drug-likeness (QED) is 0.396. The van der Waals surface area contributed by atoms with Crippen LogP contribution in [0.2, 0.25) is 0 Å². The second-order valence-corrected chi connectivity index (χ2v) is 7.76. The van der Waals surface area contributed by atoms with Crippen LogP contribution in [0.1, 0.15) is 11.3 Å². The normalized spacial score (nSPS) is 10.9. The van der Waals surface area contributed by atoms with E-state index in [1.165, 1.54) is 17.8 Å². The van der Waals surface area contributed by atoms with Crippen molar-refractivity contribution in [1.82, 2.24) is 20.1 Å². The summed E-state index contributed by atoms with van der Waals surface area (Å²) in [5, 5.41) is 11.8. The molecule has 2 heterocycles. The van der Waals surface area contributed by atoms with Crippen molar-refractivity contribution < 1.29 is 13.6 Å². The molecule has 1 amide bonds. The summed E-state index contributed by atoms with van der Waals surface area (Å²) in [7, 11) is 0. The van der Waals surface area contributed by atoms with Gasteiger partial charge in [-0.25, -0.2) is 4.39 Å². The van der Waals surface area contributed by atoms with Gasteiger partial charge in [-0.05, 0) is 36.2 Å². The Hall–Kier alpha value is -3.39. The topological polar surface area (TPSA) is 73.0 Å². The van der Waals surface area contributed by atoms with Crippen molar-refractivity contribution in [3.63, 3.8) is 0 Å². The van der Waals surface area contributed by atoms with E-state index in [4.69, 9.17) is 4.42 Å². The average molecular weight is 437 g/mol. The minimum absolute atomic E-state index is 0.147. The number of furan rings is 1. The zero-order chi connectivity index (χ0) is 21.5. The van der Waals surface area contributed by atoms with Crippen molar-refractivity contribution in [1.29, 1.82) is 0 Å². The predicted octanol–water partition coefficient (Wildman–Crippen LogP) is 4.33. The number of aromatic nitrogens is 3. The summed E-state index contributed by atoms with van der Waals surface area (Å²) in [4.78, 5) is 12.2. The summed E-state index contributed by atoms with van der Waals surface area (Å²) in [6.45, 7) is 0.893. The van der Waals surface area contributed by atoms with E-state index in [-0.39, 0.29) is 17.5 Å². The zero-order valence-electron chi connectivity index (χ0n) is 16.7. The maximum atomic E-state index is 14.4. The average Bonchev–Trinajstić information content (AvgIpc) is 3.46. The van der Waals surface area contributed by atoms with Crippen LogP contribution in [-0.4, -0.2) is 26.4 Å². The van der Waals surface area contributed by atoms with Gasteiger partial charge in [-0.15, -0.1) is 10.2 Å². The highest BCUT2D eigenvalue weighted by Gasteiger charge is 2.18. The summed E-state index contributed by atoms with van der Waals surface area (Å²) in [5.74, 6) is 0.801. The molecule has 0 aliphatic rings. The Labute approximate surface area is 183 Å². The van der Waals surface area contributed by atoms with Crippen molar-refractivity contribution in [2.24, 2.45) is 0 Å².